The van der Waals surface area contributed by atoms with Gasteiger partial charge in [-0.15, -0.1) is 5.10 Å². The maximum Gasteiger partial charge on any atom is 0.269 e. The standard InChI is InChI=1S/C21H22ClN5OS/c1-15-20(29-25-24-15)21(28)23-17-7-8-19(18(22)13-17)27-11-9-26(10-12-27)14-16-5-3-2-4-6-16/h2-8,13H,9-12,14H2,1H3,(H,23,28). The second kappa shape index (κ2) is 8.90. The summed E-state index contributed by atoms with van der Waals surface area (Å²) in [6.45, 7) is 6.56. The SMILES string of the molecule is Cc1nnsc1C(=O)Nc1ccc(N2CCN(Cc3ccccc3)CC2)c(Cl)c1. The van der Waals surface area contributed by atoms with Crippen molar-refractivity contribution in [3.05, 3.63) is 69.7 Å². The third kappa shape index (κ3) is 4.75. The molecule has 3 aromatic rings. The van der Waals surface area contributed by atoms with Gasteiger partial charge in [-0.1, -0.05) is 46.4 Å². The molecule has 1 aromatic heterocycles. The fourth-order valence-corrected chi connectivity index (χ4v) is 4.31. The van der Waals surface area contributed by atoms with Crippen LogP contribution < -0.4 is 10.2 Å². The van der Waals surface area contributed by atoms with Crippen molar-refractivity contribution in [2.75, 3.05) is 36.4 Å². The molecular formula is C21H22ClN5OS. The summed E-state index contributed by atoms with van der Waals surface area (Å²) in [4.78, 5) is 17.6. The molecule has 29 heavy (non-hydrogen) atoms. The number of halogens is 1. The van der Waals surface area contributed by atoms with Crippen LogP contribution in [0.4, 0.5) is 11.4 Å². The maximum absolute atomic E-state index is 12.3. The summed E-state index contributed by atoms with van der Waals surface area (Å²) in [5.74, 6) is -0.212. The second-order valence-corrected chi connectivity index (χ2v) is 8.22. The van der Waals surface area contributed by atoms with Crippen molar-refractivity contribution < 1.29 is 4.79 Å². The van der Waals surface area contributed by atoms with Gasteiger partial charge in [0.05, 0.1) is 16.4 Å². The van der Waals surface area contributed by atoms with Crippen LogP contribution >= 0.6 is 23.1 Å². The van der Waals surface area contributed by atoms with Gasteiger partial charge >= 0.3 is 0 Å². The van der Waals surface area contributed by atoms with Crippen LogP contribution in [0, 0.1) is 6.92 Å². The van der Waals surface area contributed by atoms with Crippen molar-refractivity contribution >= 4 is 40.4 Å². The largest absolute Gasteiger partial charge is 0.368 e. The molecule has 1 aliphatic heterocycles. The Morgan fingerprint density at radius 1 is 1.14 bits per heavy atom. The lowest BCUT2D eigenvalue weighted by molar-refractivity contribution is 0.103. The molecule has 6 nitrogen and oxygen atoms in total. The van der Waals surface area contributed by atoms with Crippen molar-refractivity contribution in [1.82, 2.24) is 14.5 Å². The first-order chi connectivity index (χ1) is 14.1. The van der Waals surface area contributed by atoms with Gasteiger partial charge in [0.25, 0.3) is 5.91 Å². The van der Waals surface area contributed by atoms with E-state index in [4.69, 9.17) is 11.6 Å². The van der Waals surface area contributed by atoms with Crippen LogP contribution in [0.3, 0.4) is 0 Å². The number of hydrogen-bond acceptors (Lipinski definition) is 6. The first kappa shape index (κ1) is 19.8. The Bertz CT molecular complexity index is 986. The Labute approximate surface area is 179 Å². The minimum atomic E-state index is -0.212. The Morgan fingerprint density at radius 3 is 2.55 bits per heavy atom. The summed E-state index contributed by atoms with van der Waals surface area (Å²) in [5, 5.41) is 7.38. The molecular weight excluding hydrogens is 406 g/mol. The number of anilines is 2. The van der Waals surface area contributed by atoms with Crippen molar-refractivity contribution in [1.29, 1.82) is 0 Å². The number of aromatic nitrogens is 2. The molecule has 0 atom stereocenters. The van der Waals surface area contributed by atoms with E-state index in [1.165, 1.54) is 5.56 Å². The third-order valence-electron chi connectivity index (χ3n) is 5.03. The molecule has 0 aliphatic carbocycles. The first-order valence-electron chi connectivity index (χ1n) is 9.51. The molecule has 2 aromatic carbocycles. The maximum atomic E-state index is 12.3. The fourth-order valence-electron chi connectivity index (χ4n) is 3.46. The van der Waals surface area contributed by atoms with E-state index >= 15 is 0 Å². The molecule has 2 heterocycles. The highest BCUT2D eigenvalue weighted by Crippen LogP contribution is 2.30. The van der Waals surface area contributed by atoms with Gasteiger partial charge in [0.1, 0.15) is 4.88 Å². The summed E-state index contributed by atoms with van der Waals surface area (Å²) >= 11 is 7.63. The zero-order valence-electron chi connectivity index (χ0n) is 16.1. The van der Waals surface area contributed by atoms with Gasteiger partial charge in [0.2, 0.25) is 0 Å². The topological polar surface area (TPSA) is 61.4 Å². The second-order valence-electron chi connectivity index (χ2n) is 7.06. The lowest BCUT2D eigenvalue weighted by atomic mass is 10.2. The number of rotatable bonds is 5. The fraction of sp³-hybridized carbons (Fsp3) is 0.286. The van der Waals surface area contributed by atoms with E-state index < -0.39 is 0 Å². The zero-order chi connectivity index (χ0) is 20.2. The molecule has 1 fully saturated rings. The van der Waals surface area contributed by atoms with E-state index in [1.807, 2.05) is 18.2 Å². The summed E-state index contributed by atoms with van der Waals surface area (Å²) in [7, 11) is 0. The number of aryl methyl sites for hydroxylation is 1. The van der Waals surface area contributed by atoms with Crippen LogP contribution in [-0.4, -0.2) is 46.6 Å². The van der Waals surface area contributed by atoms with Gasteiger partial charge in [-0.05, 0) is 42.2 Å². The lowest BCUT2D eigenvalue weighted by Gasteiger charge is -2.36. The van der Waals surface area contributed by atoms with Crippen LogP contribution in [0.5, 0.6) is 0 Å². The van der Waals surface area contributed by atoms with E-state index in [0.717, 1.165) is 49.9 Å². The Kier molecular flexibility index (Phi) is 6.08. The molecule has 1 aliphatic rings. The Morgan fingerprint density at radius 2 is 1.90 bits per heavy atom. The lowest BCUT2D eigenvalue weighted by Crippen LogP contribution is -2.46. The normalized spacial score (nSPS) is 14.8. The van der Waals surface area contributed by atoms with Crippen LogP contribution in [0.15, 0.2) is 48.5 Å². The average Bonchev–Trinajstić information content (AvgIpc) is 3.16. The zero-order valence-corrected chi connectivity index (χ0v) is 17.7. The molecule has 0 radical (unpaired) electrons. The van der Waals surface area contributed by atoms with Gasteiger partial charge < -0.3 is 10.2 Å². The number of carbonyl (C=O) groups excluding carboxylic acids is 1. The minimum Gasteiger partial charge on any atom is -0.368 e. The quantitative estimate of drug-likeness (QED) is 0.664. The van der Waals surface area contributed by atoms with E-state index in [2.05, 4.69) is 49.0 Å². The number of carbonyl (C=O) groups is 1. The monoisotopic (exact) mass is 427 g/mol. The van der Waals surface area contributed by atoms with E-state index in [-0.39, 0.29) is 5.91 Å². The van der Waals surface area contributed by atoms with Crippen LogP contribution in [-0.2, 0) is 6.54 Å². The van der Waals surface area contributed by atoms with Crippen LogP contribution in [0.2, 0.25) is 5.02 Å². The Hall–Kier alpha value is -2.48. The number of nitrogens with one attached hydrogen (secondary N) is 1. The summed E-state index contributed by atoms with van der Waals surface area (Å²) in [5.41, 5.74) is 3.63. The number of hydrogen-bond donors (Lipinski definition) is 1. The molecule has 1 saturated heterocycles. The van der Waals surface area contributed by atoms with Gasteiger partial charge in [0.15, 0.2) is 0 Å². The van der Waals surface area contributed by atoms with Crippen molar-refractivity contribution in [3.8, 4) is 0 Å². The van der Waals surface area contributed by atoms with Crippen molar-refractivity contribution in [2.24, 2.45) is 0 Å². The van der Waals surface area contributed by atoms with Gasteiger partial charge in [-0.3, -0.25) is 9.69 Å². The summed E-state index contributed by atoms with van der Waals surface area (Å²) in [6, 6.07) is 16.2. The van der Waals surface area contributed by atoms with Crippen LogP contribution in [0.25, 0.3) is 0 Å². The molecule has 0 saturated carbocycles. The minimum absolute atomic E-state index is 0.212. The molecule has 0 unspecified atom stereocenters. The molecule has 8 heteroatoms. The highest BCUT2D eigenvalue weighted by molar-refractivity contribution is 7.08. The highest BCUT2D eigenvalue weighted by Gasteiger charge is 2.20. The predicted octanol–water partition coefficient (Wildman–Crippen LogP) is 4.07. The van der Waals surface area contributed by atoms with Gasteiger partial charge in [-0.25, -0.2) is 0 Å². The molecule has 150 valence electrons. The smallest absolute Gasteiger partial charge is 0.269 e. The molecule has 0 bridgehead atoms. The van der Waals surface area contributed by atoms with E-state index in [1.54, 1.807) is 13.0 Å². The summed E-state index contributed by atoms with van der Waals surface area (Å²) < 4.78 is 3.80. The average molecular weight is 428 g/mol. The highest BCUT2D eigenvalue weighted by atomic mass is 35.5. The summed E-state index contributed by atoms with van der Waals surface area (Å²) in [6.07, 6.45) is 0. The number of benzene rings is 2. The van der Waals surface area contributed by atoms with Crippen molar-refractivity contribution in [2.45, 2.75) is 13.5 Å². The first-order valence-corrected chi connectivity index (χ1v) is 10.7. The number of nitrogens with zero attached hydrogens (tertiary/aromatic N) is 4. The van der Waals surface area contributed by atoms with E-state index in [0.29, 0.717) is 21.3 Å². The predicted molar refractivity (Wildman–Crippen MR) is 118 cm³/mol. The Balaban J connectivity index is 1.36. The van der Waals surface area contributed by atoms with Gasteiger partial charge in [-0.2, -0.15) is 0 Å². The van der Waals surface area contributed by atoms with E-state index in [9.17, 15) is 4.79 Å². The van der Waals surface area contributed by atoms with Crippen molar-refractivity contribution in [3.63, 3.8) is 0 Å². The molecule has 0 spiro atoms. The number of piperazine rings is 1. The van der Waals surface area contributed by atoms with Gasteiger partial charge in [0, 0.05) is 38.4 Å². The molecule has 4 rings (SSSR count). The molecule has 1 N–H and O–H groups in total. The molecule has 1 amide bonds. The number of amides is 1. The van der Waals surface area contributed by atoms with Crippen LogP contribution in [0.1, 0.15) is 20.9 Å². The third-order valence-corrected chi connectivity index (χ3v) is 6.15.